The van der Waals surface area contributed by atoms with E-state index in [0.717, 1.165) is 5.69 Å². The fraction of sp³-hybridized carbons (Fsp3) is 0.273. The van der Waals surface area contributed by atoms with Gasteiger partial charge >= 0.3 is 0 Å². The number of aromatic nitrogens is 3. The molecule has 0 saturated carbocycles. The van der Waals surface area contributed by atoms with Crippen molar-refractivity contribution in [2.45, 2.75) is 20.0 Å². The molecule has 1 aromatic heterocycles. The molecule has 84 valence electrons. The third-order valence-electron chi connectivity index (χ3n) is 2.07. The highest BCUT2D eigenvalue weighted by atomic mass is 16.5. The highest BCUT2D eigenvalue weighted by molar-refractivity contribution is 5.66. The zero-order valence-electron chi connectivity index (χ0n) is 9.29. The van der Waals surface area contributed by atoms with E-state index in [0.29, 0.717) is 11.4 Å². The minimum Gasteiger partial charge on any atom is -0.489 e. The van der Waals surface area contributed by atoms with Gasteiger partial charge in [-0.3, -0.25) is 0 Å². The van der Waals surface area contributed by atoms with Crippen LogP contribution in [0.2, 0.25) is 0 Å². The first-order valence-electron chi connectivity index (χ1n) is 5.08. The Hall–Kier alpha value is -2.04. The first-order chi connectivity index (χ1) is 7.68. The molecule has 0 aliphatic rings. The van der Waals surface area contributed by atoms with Crippen LogP contribution in [-0.2, 0) is 0 Å². The number of nitrogens with two attached hydrogens (primary N) is 1. The number of hydrogen-bond donors (Lipinski definition) is 1. The largest absolute Gasteiger partial charge is 0.489 e. The number of ether oxygens (including phenoxy) is 1. The lowest BCUT2D eigenvalue weighted by Gasteiger charge is -2.14. The summed E-state index contributed by atoms with van der Waals surface area (Å²) in [6.45, 7) is 3.92. The van der Waals surface area contributed by atoms with Crippen LogP contribution in [0.25, 0.3) is 5.69 Å². The minimum absolute atomic E-state index is 0.0910. The van der Waals surface area contributed by atoms with Crippen LogP contribution in [0.15, 0.2) is 30.9 Å². The molecule has 0 unspecified atom stereocenters. The third kappa shape index (κ3) is 1.98. The average molecular weight is 218 g/mol. The number of rotatable bonds is 3. The zero-order chi connectivity index (χ0) is 11.5. The predicted octanol–water partition coefficient (Wildman–Crippen LogP) is 1.64. The Bertz CT molecular complexity index is 465. The molecule has 0 atom stereocenters. The molecule has 0 bridgehead atoms. The van der Waals surface area contributed by atoms with Crippen LogP contribution in [0.1, 0.15) is 13.8 Å². The topological polar surface area (TPSA) is 66.0 Å². The Morgan fingerprint density at radius 3 is 2.81 bits per heavy atom. The normalized spacial score (nSPS) is 10.7. The van der Waals surface area contributed by atoms with Gasteiger partial charge in [-0.2, -0.15) is 5.10 Å². The highest BCUT2D eigenvalue weighted by Gasteiger charge is 2.09. The molecule has 5 nitrogen and oxygen atoms in total. The number of hydrogen-bond acceptors (Lipinski definition) is 4. The molecule has 0 amide bonds. The first kappa shape index (κ1) is 10.5. The van der Waals surface area contributed by atoms with Crippen molar-refractivity contribution in [1.82, 2.24) is 14.8 Å². The molecule has 1 heterocycles. The fourth-order valence-electron chi connectivity index (χ4n) is 1.42. The van der Waals surface area contributed by atoms with E-state index in [1.165, 1.54) is 6.33 Å². The molecule has 0 fully saturated rings. The number of nitrogen functional groups attached to an aromatic ring is 1. The summed E-state index contributed by atoms with van der Waals surface area (Å²) in [5.41, 5.74) is 7.35. The molecule has 0 aliphatic carbocycles. The van der Waals surface area contributed by atoms with Gasteiger partial charge in [-0.05, 0) is 26.0 Å². The van der Waals surface area contributed by atoms with Gasteiger partial charge < -0.3 is 10.5 Å². The first-order valence-corrected chi connectivity index (χ1v) is 5.08. The summed E-state index contributed by atoms with van der Waals surface area (Å²) < 4.78 is 7.21. The summed E-state index contributed by atoms with van der Waals surface area (Å²) >= 11 is 0. The van der Waals surface area contributed by atoms with Gasteiger partial charge in [0, 0.05) is 0 Å². The van der Waals surface area contributed by atoms with Crippen LogP contribution < -0.4 is 10.5 Å². The van der Waals surface area contributed by atoms with Gasteiger partial charge in [-0.1, -0.05) is 6.07 Å². The van der Waals surface area contributed by atoms with E-state index >= 15 is 0 Å². The smallest absolute Gasteiger partial charge is 0.144 e. The van der Waals surface area contributed by atoms with Crippen molar-refractivity contribution >= 4 is 5.69 Å². The van der Waals surface area contributed by atoms with Gasteiger partial charge in [-0.15, -0.1) is 0 Å². The Balaban J connectivity index is 2.41. The zero-order valence-corrected chi connectivity index (χ0v) is 9.29. The van der Waals surface area contributed by atoms with Crippen LogP contribution in [0.3, 0.4) is 0 Å². The Kier molecular flexibility index (Phi) is 2.76. The summed E-state index contributed by atoms with van der Waals surface area (Å²) in [7, 11) is 0. The summed E-state index contributed by atoms with van der Waals surface area (Å²) in [5, 5.41) is 4.04. The SMILES string of the molecule is CC(C)Oc1cccc(-n2cncn2)c1N. The van der Waals surface area contributed by atoms with Crippen LogP contribution in [0.5, 0.6) is 5.75 Å². The van der Waals surface area contributed by atoms with Crippen LogP contribution in [0.4, 0.5) is 5.69 Å². The Morgan fingerprint density at radius 1 is 1.38 bits per heavy atom. The summed E-state index contributed by atoms with van der Waals surface area (Å²) in [6.07, 6.45) is 3.16. The van der Waals surface area contributed by atoms with Crippen LogP contribution in [-0.4, -0.2) is 20.9 Å². The van der Waals surface area contributed by atoms with Gasteiger partial charge in [-0.25, -0.2) is 9.67 Å². The van der Waals surface area contributed by atoms with Crippen molar-refractivity contribution in [3.8, 4) is 11.4 Å². The maximum atomic E-state index is 6.01. The molecule has 0 saturated heterocycles. The molecule has 0 aliphatic heterocycles. The number of anilines is 1. The molecule has 2 rings (SSSR count). The molecule has 2 aromatic rings. The highest BCUT2D eigenvalue weighted by Crippen LogP contribution is 2.28. The van der Waals surface area contributed by atoms with E-state index in [4.69, 9.17) is 10.5 Å². The van der Waals surface area contributed by atoms with E-state index in [1.54, 1.807) is 11.0 Å². The lowest BCUT2D eigenvalue weighted by molar-refractivity contribution is 0.244. The molecule has 5 heteroatoms. The summed E-state index contributed by atoms with van der Waals surface area (Å²) in [5.74, 6) is 0.669. The second-order valence-electron chi connectivity index (χ2n) is 3.70. The maximum absolute atomic E-state index is 6.01. The quantitative estimate of drug-likeness (QED) is 0.795. The second kappa shape index (κ2) is 4.22. The molecule has 1 aromatic carbocycles. The lowest BCUT2D eigenvalue weighted by atomic mass is 10.2. The molecule has 0 spiro atoms. The van der Waals surface area contributed by atoms with Gasteiger partial charge in [0.2, 0.25) is 0 Å². The molecular formula is C11H14N4O. The minimum atomic E-state index is 0.0910. The van der Waals surface area contributed by atoms with Crippen molar-refractivity contribution in [3.63, 3.8) is 0 Å². The Morgan fingerprint density at radius 2 is 2.19 bits per heavy atom. The molecular weight excluding hydrogens is 204 g/mol. The average Bonchev–Trinajstić information content (AvgIpc) is 2.73. The van der Waals surface area contributed by atoms with E-state index in [2.05, 4.69) is 10.1 Å². The van der Waals surface area contributed by atoms with Gasteiger partial charge in [0.15, 0.2) is 0 Å². The van der Waals surface area contributed by atoms with Crippen molar-refractivity contribution in [3.05, 3.63) is 30.9 Å². The Labute approximate surface area is 93.9 Å². The fourth-order valence-corrected chi connectivity index (χ4v) is 1.42. The lowest BCUT2D eigenvalue weighted by Crippen LogP contribution is -2.09. The molecule has 2 N–H and O–H groups in total. The third-order valence-corrected chi connectivity index (χ3v) is 2.07. The molecule has 16 heavy (non-hydrogen) atoms. The van der Waals surface area contributed by atoms with Gasteiger partial charge in [0.05, 0.1) is 11.8 Å². The van der Waals surface area contributed by atoms with Crippen LogP contribution in [0, 0.1) is 0 Å². The van der Waals surface area contributed by atoms with Crippen molar-refractivity contribution < 1.29 is 4.74 Å². The maximum Gasteiger partial charge on any atom is 0.144 e. The van der Waals surface area contributed by atoms with Gasteiger partial charge in [0.1, 0.15) is 24.1 Å². The van der Waals surface area contributed by atoms with E-state index < -0.39 is 0 Å². The number of nitrogens with zero attached hydrogens (tertiary/aromatic N) is 3. The number of para-hydroxylation sites is 1. The van der Waals surface area contributed by atoms with Crippen molar-refractivity contribution in [2.24, 2.45) is 0 Å². The van der Waals surface area contributed by atoms with Crippen molar-refractivity contribution in [2.75, 3.05) is 5.73 Å². The van der Waals surface area contributed by atoms with Gasteiger partial charge in [0.25, 0.3) is 0 Å². The summed E-state index contributed by atoms with van der Waals surface area (Å²) in [4.78, 5) is 3.89. The summed E-state index contributed by atoms with van der Waals surface area (Å²) in [6, 6.07) is 5.60. The predicted molar refractivity (Wildman–Crippen MR) is 61.5 cm³/mol. The van der Waals surface area contributed by atoms with E-state index in [9.17, 15) is 0 Å². The molecule has 0 radical (unpaired) electrons. The van der Waals surface area contributed by atoms with Crippen LogP contribution >= 0.6 is 0 Å². The second-order valence-corrected chi connectivity index (χ2v) is 3.70. The van der Waals surface area contributed by atoms with E-state index in [-0.39, 0.29) is 6.10 Å². The standard InChI is InChI=1S/C11H14N4O/c1-8(2)16-10-5-3-4-9(11(10)12)15-7-13-6-14-15/h3-8H,12H2,1-2H3. The van der Waals surface area contributed by atoms with E-state index in [1.807, 2.05) is 32.0 Å². The van der Waals surface area contributed by atoms with Crippen molar-refractivity contribution in [1.29, 1.82) is 0 Å². The number of benzene rings is 1. The monoisotopic (exact) mass is 218 g/mol.